The van der Waals surface area contributed by atoms with Crippen LogP contribution in [0.2, 0.25) is 0 Å². The van der Waals surface area contributed by atoms with Crippen LogP contribution in [0.5, 0.6) is 5.88 Å². The molecule has 3 aromatic rings. The van der Waals surface area contributed by atoms with E-state index in [-0.39, 0.29) is 0 Å². The SMILES string of the molecule is c1ccc(CN2CCC(CCOc3ncnc4ccccc34)CC2)cc1. The summed E-state index contributed by atoms with van der Waals surface area (Å²) in [4.78, 5) is 11.2. The van der Waals surface area contributed by atoms with E-state index >= 15 is 0 Å². The topological polar surface area (TPSA) is 38.2 Å². The summed E-state index contributed by atoms with van der Waals surface area (Å²) >= 11 is 0. The van der Waals surface area contributed by atoms with Crippen LogP contribution in [-0.4, -0.2) is 34.6 Å². The van der Waals surface area contributed by atoms with Gasteiger partial charge in [-0.05, 0) is 56.0 Å². The Bertz CT molecular complexity index is 824. The van der Waals surface area contributed by atoms with Crippen LogP contribution in [0.25, 0.3) is 10.9 Å². The van der Waals surface area contributed by atoms with Crippen molar-refractivity contribution in [3.63, 3.8) is 0 Å². The maximum atomic E-state index is 5.98. The normalized spacial score (nSPS) is 16.0. The highest BCUT2D eigenvalue weighted by molar-refractivity contribution is 5.82. The Morgan fingerprint density at radius 1 is 0.923 bits per heavy atom. The standard InChI is InChI=1S/C22H25N3O/c1-2-6-19(7-3-1)16-25-13-10-18(11-14-25)12-15-26-22-20-8-4-5-9-21(20)23-17-24-22/h1-9,17-18H,10-16H2. The minimum Gasteiger partial charge on any atom is -0.477 e. The zero-order valence-corrected chi connectivity index (χ0v) is 15.1. The van der Waals surface area contributed by atoms with E-state index in [4.69, 9.17) is 4.74 Å². The van der Waals surface area contributed by atoms with Gasteiger partial charge in [0.25, 0.3) is 0 Å². The second kappa shape index (κ2) is 8.28. The van der Waals surface area contributed by atoms with E-state index in [0.29, 0.717) is 5.88 Å². The van der Waals surface area contributed by atoms with Crippen LogP contribution in [0.15, 0.2) is 60.9 Å². The predicted octanol–water partition coefficient (Wildman–Crippen LogP) is 4.31. The van der Waals surface area contributed by atoms with Gasteiger partial charge in [0.1, 0.15) is 6.33 Å². The molecule has 0 atom stereocenters. The molecule has 1 aliphatic heterocycles. The quantitative estimate of drug-likeness (QED) is 0.666. The van der Waals surface area contributed by atoms with Crippen molar-refractivity contribution in [3.8, 4) is 5.88 Å². The molecule has 0 radical (unpaired) electrons. The number of ether oxygens (including phenoxy) is 1. The molecule has 4 heteroatoms. The van der Waals surface area contributed by atoms with Crippen LogP contribution in [0.1, 0.15) is 24.8 Å². The summed E-state index contributed by atoms with van der Waals surface area (Å²) in [5, 5.41) is 0.993. The molecule has 2 heterocycles. The first kappa shape index (κ1) is 17.0. The van der Waals surface area contributed by atoms with Gasteiger partial charge in [-0.25, -0.2) is 9.97 Å². The van der Waals surface area contributed by atoms with E-state index in [1.807, 2.05) is 24.3 Å². The van der Waals surface area contributed by atoms with Crippen LogP contribution in [-0.2, 0) is 6.54 Å². The van der Waals surface area contributed by atoms with Gasteiger partial charge in [-0.2, -0.15) is 0 Å². The molecule has 0 bridgehead atoms. The summed E-state index contributed by atoms with van der Waals surface area (Å²) in [5.74, 6) is 1.45. The number of hydrogen-bond acceptors (Lipinski definition) is 4. The van der Waals surface area contributed by atoms with Crippen LogP contribution in [0.3, 0.4) is 0 Å². The molecule has 1 aliphatic rings. The van der Waals surface area contributed by atoms with Crippen molar-refractivity contribution in [2.75, 3.05) is 19.7 Å². The van der Waals surface area contributed by atoms with Crippen molar-refractivity contribution in [1.82, 2.24) is 14.9 Å². The van der Waals surface area contributed by atoms with Gasteiger partial charge in [0, 0.05) is 6.54 Å². The summed E-state index contributed by atoms with van der Waals surface area (Å²) in [5.41, 5.74) is 2.34. The molecule has 0 amide bonds. The zero-order valence-electron chi connectivity index (χ0n) is 15.1. The van der Waals surface area contributed by atoms with E-state index in [0.717, 1.165) is 36.4 Å². The first-order chi connectivity index (χ1) is 12.9. The highest BCUT2D eigenvalue weighted by atomic mass is 16.5. The molecule has 0 N–H and O–H groups in total. The first-order valence-electron chi connectivity index (χ1n) is 9.47. The van der Waals surface area contributed by atoms with Crippen molar-refractivity contribution in [2.45, 2.75) is 25.8 Å². The van der Waals surface area contributed by atoms with E-state index in [1.165, 1.54) is 31.5 Å². The Morgan fingerprint density at radius 2 is 1.69 bits per heavy atom. The molecule has 0 unspecified atom stereocenters. The number of para-hydroxylation sites is 1. The molecule has 0 saturated carbocycles. The van der Waals surface area contributed by atoms with Gasteiger partial charge < -0.3 is 4.74 Å². The van der Waals surface area contributed by atoms with Gasteiger partial charge >= 0.3 is 0 Å². The minimum atomic E-state index is 0.706. The number of nitrogens with zero attached hydrogens (tertiary/aromatic N) is 3. The largest absolute Gasteiger partial charge is 0.477 e. The molecule has 1 fully saturated rings. The first-order valence-corrected chi connectivity index (χ1v) is 9.47. The number of hydrogen-bond donors (Lipinski definition) is 0. The molecule has 2 aromatic carbocycles. The van der Waals surface area contributed by atoms with Crippen LogP contribution < -0.4 is 4.74 Å². The molecule has 4 rings (SSSR count). The Balaban J connectivity index is 1.24. The van der Waals surface area contributed by atoms with E-state index in [9.17, 15) is 0 Å². The predicted molar refractivity (Wildman–Crippen MR) is 104 cm³/mol. The number of likely N-dealkylation sites (tertiary alicyclic amines) is 1. The molecular weight excluding hydrogens is 322 g/mol. The van der Waals surface area contributed by atoms with Crippen LogP contribution in [0.4, 0.5) is 0 Å². The van der Waals surface area contributed by atoms with Crippen molar-refractivity contribution >= 4 is 10.9 Å². The van der Waals surface area contributed by atoms with Crippen LogP contribution in [0, 0.1) is 5.92 Å². The zero-order chi connectivity index (χ0) is 17.6. The monoisotopic (exact) mass is 347 g/mol. The molecule has 26 heavy (non-hydrogen) atoms. The van der Waals surface area contributed by atoms with Crippen molar-refractivity contribution < 1.29 is 4.74 Å². The second-order valence-electron chi connectivity index (χ2n) is 7.04. The fourth-order valence-electron chi connectivity index (χ4n) is 3.69. The molecule has 0 aliphatic carbocycles. The smallest absolute Gasteiger partial charge is 0.224 e. The number of piperidine rings is 1. The third-order valence-corrected chi connectivity index (χ3v) is 5.23. The summed E-state index contributed by atoms with van der Waals surface area (Å²) < 4.78 is 5.98. The Morgan fingerprint density at radius 3 is 2.54 bits per heavy atom. The molecule has 134 valence electrons. The lowest BCUT2D eigenvalue weighted by atomic mass is 9.93. The van der Waals surface area contributed by atoms with Crippen molar-refractivity contribution in [1.29, 1.82) is 0 Å². The summed E-state index contributed by atoms with van der Waals surface area (Å²) in [6.45, 7) is 4.15. The second-order valence-corrected chi connectivity index (χ2v) is 7.04. The van der Waals surface area contributed by atoms with Gasteiger partial charge in [-0.15, -0.1) is 0 Å². The lowest BCUT2D eigenvalue weighted by Crippen LogP contribution is -2.33. The van der Waals surface area contributed by atoms with E-state index < -0.39 is 0 Å². The Kier molecular flexibility index (Phi) is 5.41. The lowest BCUT2D eigenvalue weighted by molar-refractivity contribution is 0.157. The maximum Gasteiger partial charge on any atom is 0.224 e. The highest BCUT2D eigenvalue weighted by Crippen LogP contribution is 2.24. The molecular formula is C22H25N3O. The number of rotatable bonds is 6. The lowest BCUT2D eigenvalue weighted by Gasteiger charge is -2.32. The molecule has 0 spiro atoms. The van der Waals surface area contributed by atoms with E-state index in [2.05, 4.69) is 45.2 Å². The Labute approximate surface area is 154 Å². The molecule has 1 saturated heterocycles. The van der Waals surface area contributed by atoms with E-state index in [1.54, 1.807) is 6.33 Å². The fraction of sp³-hybridized carbons (Fsp3) is 0.364. The number of fused-ring (bicyclic) bond motifs is 1. The van der Waals surface area contributed by atoms with Crippen LogP contribution >= 0.6 is 0 Å². The fourth-order valence-corrected chi connectivity index (χ4v) is 3.69. The number of aromatic nitrogens is 2. The van der Waals surface area contributed by atoms with Gasteiger partial charge in [-0.1, -0.05) is 42.5 Å². The summed E-state index contributed by atoms with van der Waals surface area (Å²) in [6, 6.07) is 18.8. The van der Waals surface area contributed by atoms with Gasteiger partial charge in [0.05, 0.1) is 17.5 Å². The Hall–Kier alpha value is -2.46. The summed E-state index contributed by atoms with van der Waals surface area (Å²) in [6.07, 6.45) is 5.18. The molecule has 1 aromatic heterocycles. The van der Waals surface area contributed by atoms with Crippen molar-refractivity contribution in [2.24, 2.45) is 5.92 Å². The van der Waals surface area contributed by atoms with Gasteiger partial charge in [0.2, 0.25) is 5.88 Å². The highest BCUT2D eigenvalue weighted by Gasteiger charge is 2.19. The minimum absolute atomic E-state index is 0.706. The van der Waals surface area contributed by atoms with Gasteiger partial charge in [-0.3, -0.25) is 4.90 Å². The average molecular weight is 347 g/mol. The third-order valence-electron chi connectivity index (χ3n) is 5.23. The van der Waals surface area contributed by atoms with Gasteiger partial charge in [0.15, 0.2) is 0 Å². The molecule has 4 nitrogen and oxygen atoms in total. The average Bonchev–Trinajstić information content (AvgIpc) is 2.70. The van der Waals surface area contributed by atoms with Crippen molar-refractivity contribution in [3.05, 3.63) is 66.5 Å². The number of benzene rings is 2. The third kappa shape index (κ3) is 4.20. The maximum absolute atomic E-state index is 5.98. The summed E-state index contributed by atoms with van der Waals surface area (Å²) in [7, 11) is 0.